The molecule has 1 heterocycles. The first kappa shape index (κ1) is 15.8. The minimum absolute atomic E-state index is 0.0705. The number of hydrogen-bond acceptors (Lipinski definition) is 2. The molecule has 0 aromatic heterocycles. The second kappa shape index (κ2) is 6.02. The van der Waals surface area contributed by atoms with Crippen molar-refractivity contribution in [3.63, 3.8) is 0 Å². The highest BCUT2D eigenvalue weighted by atomic mass is 35.5. The topological polar surface area (TPSA) is 49.4 Å². The molecule has 0 bridgehead atoms. The van der Waals surface area contributed by atoms with Crippen LogP contribution >= 0.6 is 11.6 Å². The third kappa shape index (κ3) is 3.18. The normalized spacial score (nSPS) is 22.7. The molecule has 0 saturated carbocycles. The van der Waals surface area contributed by atoms with E-state index in [2.05, 4.69) is 5.32 Å². The monoisotopic (exact) mass is 312 g/mol. The van der Waals surface area contributed by atoms with Gasteiger partial charge in [-0.15, -0.1) is 0 Å². The fourth-order valence-corrected chi connectivity index (χ4v) is 2.62. The first-order valence-electron chi connectivity index (χ1n) is 6.89. The molecule has 0 spiro atoms. The maximum Gasteiger partial charge on any atom is 0.250 e. The number of piperazine rings is 1. The molecular formula is C15H18ClFN2O2. The van der Waals surface area contributed by atoms with Crippen LogP contribution in [0.4, 0.5) is 10.1 Å². The van der Waals surface area contributed by atoms with Crippen LogP contribution in [0.1, 0.15) is 27.2 Å². The molecule has 1 aromatic rings. The third-order valence-corrected chi connectivity index (χ3v) is 3.80. The molecule has 1 aliphatic heterocycles. The molecule has 1 aromatic carbocycles. The molecule has 1 saturated heterocycles. The lowest BCUT2D eigenvalue weighted by Gasteiger charge is -2.38. The van der Waals surface area contributed by atoms with Crippen LogP contribution in [-0.2, 0) is 9.59 Å². The van der Waals surface area contributed by atoms with Gasteiger partial charge in [-0.1, -0.05) is 25.4 Å². The van der Waals surface area contributed by atoms with Gasteiger partial charge in [0, 0.05) is 5.69 Å². The highest BCUT2D eigenvalue weighted by Crippen LogP contribution is 2.27. The van der Waals surface area contributed by atoms with E-state index in [0.29, 0.717) is 12.1 Å². The molecular weight excluding hydrogens is 295 g/mol. The quantitative estimate of drug-likeness (QED) is 0.933. The molecule has 114 valence electrons. The second-order valence-corrected chi connectivity index (χ2v) is 6.08. The standard InChI is InChI=1S/C15H18ClFN2O2/c1-8(2)6-13-15(21)19(9(3)14(20)18-13)10-4-5-12(17)11(16)7-10/h4-5,7-9,13H,6H2,1-3H3,(H,18,20). The lowest BCUT2D eigenvalue weighted by atomic mass is 9.98. The van der Waals surface area contributed by atoms with E-state index in [-0.39, 0.29) is 22.8 Å². The number of anilines is 1. The van der Waals surface area contributed by atoms with E-state index in [9.17, 15) is 14.0 Å². The fourth-order valence-electron chi connectivity index (χ4n) is 2.45. The van der Waals surface area contributed by atoms with Gasteiger partial charge in [0.05, 0.1) is 5.02 Å². The summed E-state index contributed by atoms with van der Waals surface area (Å²) in [6.45, 7) is 5.60. The Bertz CT molecular complexity index is 577. The zero-order chi connectivity index (χ0) is 15.7. The Morgan fingerprint density at radius 2 is 2.05 bits per heavy atom. The first-order chi connectivity index (χ1) is 9.81. The number of halogens is 2. The second-order valence-electron chi connectivity index (χ2n) is 5.67. The predicted molar refractivity (Wildman–Crippen MR) is 79.7 cm³/mol. The number of amides is 2. The SMILES string of the molecule is CC(C)CC1NC(=O)C(C)N(c2ccc(F)c(Cl)c2)C1=O. The van der Waals surface area contributed by atoms with Gasteiger partial charge in [0.1, 0.15) is 17.9 Å². The van der Waals surface area contributed by atoms with Crippen molar-refractivity contribution in [2.75, 3.05) is 4.90 Å². The maximum atomic E-state index is 13.3. The van der Waals surface area contributed by atoms with E-state index in [1.54, 1.807) is 6.92 Å². The van der Waals surface area contributed by atoms with Crippen molar-refractivity contribution in [1.29, 1.82) is 0 Å². The molecule has 2 unspecified atom stereocenters. The molecule has 4 nitrogen and oxygen atoms in total. The van der Waals surface area contributed by atoms with Gasteiger partial charge in [-0.25, -0.2) is 4.39 Å². The van der Waals surface area contributed by atoms with Gasteiger partial charge in [0.15, 0.2) is 0 Å². The van der Waals surface area contributed by atoms with Crippen LogP contribution in [0.2, 0.25) is 5.02 Å². The Hall–Kier alpha value is -1.62. The molecule has 2 rings (SSSR count). The number of carbonyl (C=O) groups excluding carboxylic acids is 2. The van der Waals surface area contributed by atoms with Gasteiger partial charge in [0.2, 0.25) is 11.8 Å². The molecule has 1 N–H and O–H groups in total. The first-order valence-corrected chi connectivity index (χ1v) is 7.27. The van der Waals surface area contributed by atoms with Crippen LogP contribution in [0.5, 0.6) is 0 Å². The highest BCUT2D eigenvalue weighted by molar-refractivity contribution is 6.31. The highest BCUT2D eigenvalue weighted by Gasteiger charge is 2.39. The van der Waals surface area contributed by atoms with Crippen molar-refractivity contribution < 1.29 is 14.0 Å². The zero-order valence-electron chi connectivity index (χ0n) is 12.2. The summed E-state index contributed by atoms with van der Waals surface area (Å²) < 4.78 is 13.3. The molecule has 21 heavy (non-hydrogen) atoms. The molecule has 1 fully saturated rings. The van der Waals surface area contributed by atoms with Gasteiger partial charge >= 0.3 is 0 Å². The van der Waals surface area contributed by atoms with Crippen LogP contribution < -0.4 is 10.2 Å². The van der Waals surface area contributed by atoms with E-state index in [0.717, 1.165) is 0 Å². The largest absolute Gasteiger partial charge is 0.342 e. The molecule has 0 aliphatic carbocycles. The summed E-state index contributed by atoms with van der Waals surface area (Å²) in [5.74, 6) is -0.703. The van der Waals surface area contributed by atoms with Crippen molar-refractivity contribution in [3.8, 4) is 0 Å². The van der Waals surface area contributed by atoms with Crippen molar-refractivity contribution in [3.05, 3.63) is 29.0 Å². The molecule has 0 radical (unpaired) electrons. The summed E-state index contributed by atoms with van der Waals surface area (Å²) in [4.78, 5) is 26.0. The third-order valence-electron chi connectivity index (χ3n) is 3.51. The number of benzene rings is 1. The Morgan fingerprint density at radius 1 is 1.38 bits per heavy atom. The van der Waals surface area contributed by atoms with Crippen LogP contribution in [-0.4, -0.2) is 23.9 Å². The molecule has 1 aliphatic rings. The minimum Gasteiger partial charge on any atom is -0.342 e. The molecule has 2 atom stereocenters. The van der Waals surface area contributed by atoms with E-state index in [1.165, 1.54) is 23.1 Å². The Kier molecular flexibility index (Phi) is 4.52. The Morgan fingerprint density at radius 3 is 2.62 bits per heavy atom. The minimum atomic E-state index is -0.651. The maximum absolute atomic E-state index is 13.3. The number of hydrogen-bond donors (Lipinski definition) is 1. The van der Waals surface area contributed by atoms with Crippen molar-refractivity contribution in [1.82, 2.24) is 5.32 Å². The smallest absolute Gasteiger partial charge is 0.250 e. The summed E-state index contributed by atoms with van der Waals surface area (Å²) in [6, 6.07) is 2.82. The summed E-state index contributed by atoms with van der Waals surface area (Å²) >= 11 is 5.77. The Balaban J connectivity index is 2.36. The van der Waals surface area contributed by atoms with Gasteiger partial charge in [-0.2, -0.15) is 0 Å². The van der Waals surface area contributed by atoms with Gasteiger partial charge in [-0.3, -0.25) is 14.5 Å². The predicted octanol–water partition coefficient (Wildman–Crippen LogP) is 2.75. The molecule has 6 heteroatoms. The number of rotatable bonds is 3. The average Bonchev–Trinajstić information content (AvgIpc) is 2.40. The molecule has 2 amide bonds. The lowest BCUT2D eigenvalue weighted by molar-refractivity contribution is -0.133. The lowest BCUT2D eigenvalue weighted by Crippen LogP contribution is -2.63. The summed E-state index contributed by atoms with van der Waals surface area (Å²) in [5, 5.41) is 2.67. The summed E-state index contributed by atoms with van der Waals surface area (Å²) in [6.07, 6.45) is 0.558. The number of nitrogens with zero attached hydrogens (tertiary/aromatic N) is 1. The van der Waals surface area contributed by atoms with E-state index >= 15 is 0 Å². The average molecular weight is 313 g/mol. The van der Waals surface area contributed by atoms with E-state index in [4.69, 9.17) is 11.6 Å². The van der Waals surface area contributed by atoms with Crippen LogP contribution in [0.15, 0.2) is 18.2 Å². The Labute approximate surface area is 128 Å². The van der Waals surface area contributed by atoms with Crippen LogP contribution in [0.3, 0.4) is 0 Å². The fraction of sp³-hybridized carbons (Fsp3) is 0.467. The van der Waals surface area contributed by atoms with E-state index in [1.807, 2.05) is 13.8 Å². The van der Waals surface area contributed by atoms with Crippen LogP contribution in [0, 0.1) is 11.7 Å². The number of carbonyl (C=O) groups is 2. The van der Waals surface area contributed by atoms with Crippen molar-refractivity contribution >= 4 is 29.1 Å². The van der Waals surface area contributed by atoms with Crippen LogP contribution in [0.25, 0.3) is 0 Å². The van der Waals surface area contributed by atoms with Gasteiger partial charge in [0.25, 0.3) is 0 Å². The number of nitrogens with one attached hydrogen (secondary N) is 1. The summed E-state index contributed by atoms with van der Waals surface area (Å²) in [5.41, 5.74) is 0.433. The van der Waals surface area contributed by atoms with E-state index < -0.39 is 17.9 Å². The summed E-state index contributed by atoms with van der Waals surface area (Å²) in [7, 11) is 0. The van der Waals surface area contributed by atoms with Gasteiger partial charge in [-0.05, 0) is 37.5 Å². The van der Waals surface area contributed by atoms with Crippen molar-refractivity contribution in [2.45, 2.75) is 39.3 Å². The van der Waals surface area contributed by atoms with Gasteiger partial charge < -0.3 is 5.32 Å². The van der Waals surface area contributed by atoms with Crippen molar-refractivity contribution in [2.24, 2.45) is 5.92 Å². The zero-order valence-corrected chi connectivity index (χ0v) is 12.9.